The van der Waals surface area contributed by atoms with E-state index in [4.69, 9.17) is 4.52 Å². The van der Waals surface area contributed by atoms with Gasteiger partial charge in [-0.25, -0.2) is 4.98 Å². The van der Waals surface area contributed by atoms with E-state index < -0.39 is 0 Å². The van der Waals surface area contributed by atoms with Crippen molar-refractivity contribution < 1.29 is 9.32 Å². The third-order valence-corrected chi connectivity index (χ3v) is 4.45. The molecule has 2 heterocycles. The summed E-state index contributed by atoms with van der Waals surface area (Å²) >= 11 is 0. The van der Waals surface area contributed by atoms with Crippen LogP contribution in [0, 0.1) is 13.8 Å². The highest BCUT2D eigenvalue weighted by molar-refractivity contribution is 6.06. The molecule has 0 aliphatic heterocycles. The normalized spacial score (nSPS) is 14.1. The zero-order valence-corrected chi connectivity index (χ0v) is 13.8. The van der Waals surface area contributed by atoms with E-state index in [9.17, 15) is 4.79 Å². The lowest BCUT2D eigenvalue weighted by molar-refractivity contribution is 0.0952. The fraction of sp³-hybridized carbons (Fsp3) is 0.316. The lowest BCUT2D eigenvalue weighted by Gasteiger charge is -2.08. The van der Waals surface area contributed by atoms with Crippen LogP contribution in [-0.4, -0.2) is 16.0 Å². The number of rotatable bonds is 4. The Balaban J connectivity index is 1.63. The molecule has 1 amide bonds. The molecule has 1 N–H and O–H groups in total. The highest BCUT2D eigenvalue weighted by Crippen LogP contribution is 2.40. The van der Waals surface area contributed by atoms with Gasteiger partial charge in [0.15, 0.2) is 0 Å². The number of fused-ring (bicyclic) bond motifs is 1. The third-order valence-electron chi connectivity index (χ3n) is 4.45. The number of hydrogen-bond donors (Lipinski definition) is 1. The molecule has 4 rings (SSSR count). The SMILES string of the molecule is Cc1ccc(CNC(=O)c2cc(C3CC3)nc3onc(C)c23)cc1. The molecule has 0 spiro atoms. The summed E-state index contributed by atoms with van der Waals surface area (Å²) < 4.78 is 5.29. The highest BCUT2D eigenvalue weighted by Gasteiger charge is 2.28. The van der Waals surface area contributed by atoms with Gasteiger partial charge in [0.25, 0.3) is 11.6 Å². The highest BCUT2D eigenvalue weighted by atomic mass is 16.5. The maximum absolute atomic E-state index is 12.7. The number of amides is 1. The summed E-state index contributed by atoms with van der Waals surface area (Å²) in [6.07, 6.45) is 2.24. The smallest absolute Gasteiger partial charge is 0.259 e. The van der Waals surface area contributed by atoms with Gasteiger partial charge < -0.3 is 9.84 Å². The van der Waals surface area contributed by atoms with Crippen LogP contribution in [0.15, 0.2) is 34.9 Å². The minimum absolute atomic E-state index is 0.115. The van der Waals surface area contributed by atoms with E-state index in [2.05, 4.69) is 15.5 Å². The van der Waals surface area contributed by atoms with Gasteiger partial charge in [-0.05, 0) is 38.3 Å². The van der Waals surface area contributed by atoms with Gasteiger partial charge >= 0.3 is 0 Å². The van der Waals surface area contributed by atoms with Crippen LogP contribution in [-0.2, 0) is 6.54 Å². The summed E-state index contributed by atoms with van der Waals surface area (Å²) in [7, 11) is 0. The molecule has 24 heavy (non-hydrogen) atoms. The molecule has 122 valence electrons. The lowest BCUT2D eigenvalue weighted by atomic mass is 10.1. The van der Waals surface area contributed by atoms with Gasteiger partial charge in [-0.1, -0.05) is 35.0 Å². The van der Waals surface area contributed by atoms with Crippen molar-refractivity contribution in [3.63, 3.8) is 0 Å². The van der Waals surface area contributed by atoms with Crippen molar-refractivity contribution in [3.8, 4) is 0 Å². The van der Waals surface area contributed by atoms with Gasteiger partial charge in [0, 0.05) is 18.2 Å². The van der Waals surface area contributed by atoms with E-state index in [1.807, 2.05) is 44.2 Å². The average Bonchev–Trinajstić information content (AvgIpc) is 3.37. The minimum atomic E-state index is -0.115. The van der Waals surface area contributed by atoms with Gasteiger partial charge in [-0.15, -0.1) is 0 Å². The summed E-state index contributed by atoms with van der Waals surface area (Å²) in [5, 5.41) is 7.67. The Hall–Kier alpha value is -2.69. The molecule has 1 aliphatic carbocycles. The van der Waals surface area contributed by atoms with E-state index in [1.54, 1.807) is 0 Å². The molecule has 0 radical (unpaired) electrons. The van der Waals surface area contributed by atoms with E-state index in [0.29, 0.717) is 34.8 Å². The van der Waals surface area contributed by atoms with Gasteiger partial charge in [-0.2, -0.15) is 0 Å². The number of benzene rings is 1. The molecule has 2 aromatic heterocycles. The van der Waals surface area contributed by atoms with Crippen molar-refractivity contribution in [2.75, 3.05) is 0 Å². The number of nitrogens with zero attached hydrogens (tertiary/aromatic N) is 2. The van der Waals surface area contributed by atoms with Gasteiger partial charge in [0.05, 0.1) is 16.6 Å². The fourth-order valence-corrected chi connectivity index (χ4v) is 2.86. The summed E-state index contributed by atoms with van der Waals surface area (Å²) in [6, 6.07) is 10.0. The van der Waals surface area contributed by atoms with Crippen molar-refractivity contribution in [1.82, 2.24) is 15.5 Å². The number of aromatic nitrogens is 2. The van der Waals surface area contributed by atoms with Crippen LogP contribution in [0.5, 0.6) is 0 Å². The zero-order chi connectivity index (χ0) is 16.7. The van der Waals surface area contributed by atoms with Crippen molar-refractivity contribution in [2.45, 2.75) is 39.2 Å². The third kappa shape index (κ3) is 2.77. The molecule has 0 bridgehead atoms. The molecule has 0 atom stereocenters. The maximum Gasteiger partial charge on any atom is 0.259 e. The second-order valence-electron chi connectivity index (χ2n) is 6.49. The van der Waals surface area contributed by atoms with Crippen LogP contribution >= 0.6 is 0 Å². The molecule has 0 unspecified atom stereocenters. The first kappa shape index (κ1) is 14.9. The monoisotopic (exact) mass is 321 g/mol. The largest absolute Gasteiger partial charge is 0.348 e. The number of nitrogens with one attached hydrogen (secondary N) is 1. The first-order chi connectivity index (χ1) is 11.6. The first-order valence-electron chi connectivity index (χ1n) is 8.22. The number of aryl methyl sites for hydroxylation is 2. The van der Waals surface area contributed by atoms with Crippen LogP contribution in [0.3, 0.4) is 0 Å². The predicted molar refractivity (Wildman–Crippen MR) is 90.9 cm³/mol. The number of carbonyl (C=O) groups excluding carboxylic acids is 1. The molecule has 5 nitrogen and oxygen atoms in total. The Morgan fingerprint density at radius 1 is 1.25 bits per heavy atom. The molecule has 0 saturated heterocycles. The second kappa shape index (κ2) is 5.74. The second-order valence-corrected chi connectivity index (χ2v) is 6.49. The summed E-state index contributed by atoms with van der Waals surface area (Å²) in [4.78, 5) is 17.3. The Morgan fingerprint density at radius 2 is 2.00 bits per heavy atom. The van der Waals surface area contributed by atoms with E-state index in [0.717, 1.165) is 24.1 Å². The van der Waals surface area contributed by atoms with Crippen LogP contribution < -0.4 is 5.32 Å². The number of pyridine rings is 1. The Kier molecular flexibility index (Phi) is 3.56. The van der Waals surface area contributed by atoms with Crippen molar-refractivity contribution in [3.05, 3.63) is 58.4 Å². The summed E-state index contributed by atoms with van der Waals surface area (Å²) in [6.45, 7) is 4.37. The molecule has 1 fully saturated rings. The summed E-state index contributed by atoms with van der Waals surface area (Å²) in [5.74, 6) is 0.333. The summed E-state index contributed by atoms with van der Waals surface area (Å²) in [5.41, 5.74) is 4.96. The van der Waals surface area contributed by atoms with E-state index in [-0.39, 0.29) is 5.91 Å². The number of hydrogen-bond acceptors (Lipinski definition) is 4. The molecule has 1 aromatic carbocycles. The van der Waals surface area contributed by atoms with Gasteiger partial charge in [0.2, 0.25) is 0 Å². The first-order valence-corrected chi connectivity index (χ1v) is 8.22. The fourth-order valence-electron chi connectivity index (χ4n) is 2.86. The predicted octanol–water partition coefficient (Wildman–Crippen LogP) is 3.65. The standard InChI is InChI=1S/C19H19N3O2/c1-11-3-5-13(6-4-11)10-20-18(23)15-9-16(14-7-8-14)21-19-17(15)12(2)22-24-19/h3-6,9,14H,7-8,10H2,1-2H3,(H,20,23). The molecule has 3 aromatic rings. The quantitative estimate of drug-likeness (QED) is 0.796. The number of carbonyl (C=O) groups is 1. The van der Waals surface area contributed by atoms with Crippen LogP contribution in [0.4, 0.5) is 0 Å². The molecule has 1 aliphatic rings. The Labute approximate surface area is 140 Å². The van der Waals surface area contributed by atoms with Gasteiger partial charge in [-0.3, -0.25) is 4.79 Å². The lowest BCUT2D eigenvalue weighted by Crippen LogP contribution is -2.23. The van der Waals surface area contributed by atoms with E-state index >= 15 is 0 Å². The van der Waals surface area contributed by atoms with E-state index in [1.165, 1.54) is 5.56 Å². The van der Waals surface area contributed by atoms with Crippen LogP contribution in [0.1, 0.15) is 51.6 Å². The van der Waals surface area contributed by atoms with Crippen molar-refractivity contribution in [2.24, 2.45) is 0 Å². The molecule has 1 saturated carbocycles. The van der Waals surface area contributed by atoms with Crippen molar-refractivity contribution >= 4 is 17.0 Å². The van der Waals surface area contributed by atoms with Crippen LogP contribution in [0.2, 0.25) is 0 Å². The van der Waals surface area contributed by atoms with Gasteiger partial charge in [0.1, 0.15) is 0 Å². The maximum atomic E-state index is 12.7. The Morgan fingerprint density at radius 3 is 2.71 bits per heavy atom. The molecule has 5 heteroatoms. The van der Waals surface area contributed by atoms with Crippen molar-refractivity contribution in [1.29, 1.82) is 0 Å². The molecular formula is C19H19N3O2. The topological polar surface area (TPSA) is 68.0 Å². The minimum Gasteiger partial charge on any atom is -0.348 e. The van der Waals surface area contributed by atoms with Crippen LogP contribution in [0.25, 0.3) is 11.1 Å². The molecular weight excluding hydrogens is 302 g/mol. The average molecular weight is 321 g/mol. The Bertz CT molecular complexity index is 908. The zero-order valence-electron chi connectivity index (χ0n) is 13.8.